The van der Waals surface area contributed by atoms with Gasteiger partial charge in [0, 0.05) is 61.4 Å². The fourth-order valence-corrected chi connectivity index (χ4v) is 7.66. The van der Waals surface area contributed by atoms with E-state index in [1.54, 1.807) is 0 Å². The van der Waals surface area contributed by atoms with Crippen molar-refractivity contribution < 1.29 is 27.7 Å². The highest BCUT2D eigenvalue weighted by molar-refractivity contribution is 5.85. The molecule has 6 nitrogen and oxygen atoms in total. The van der Waals surface area contributed by atoms with Gasteiger partial charge in [-0.3, -0.25) is 0 Å². The zero-order valence-electron chi connectivity index (χ0n) is 35.4. The van der Waals surface area contributed by atoms with Gasteiger partial charge in [-0.15, -0.1) is 0 Å². The predicted octanol–water partition coefficient (Wildman–Crippen LogP) is 10.8. The van der Waals surface area contributed by atoms with E-state index in [1.807, 2.05) is 0 Å². The van der Waals surface area contributed by atoms with Crippen molar-refractivity contribution in [1.29, 1.82) is 0 Å². The number of pyridine rings is 4. The molecule has 4 aromatic heterocycles. The average molecular weight is 781 g/mol. The number of fused-ring (bicyclic) bond motifs is 1. The van der Waals surface area contributed by atoms with E-state index in [4.69, 9.17) is 9.47 Å². The molecule has 0 saturated heterocycles. The van der Waals surface area contributed by atoms with Crippen LogP contribution in [0.5, 0.6) is 11.5 Å². The maximum atomic E-state index is 6.12. The molecule has 0 unspecified atom stereocenters. The summed E-state index contributed by atoms with van der Waals surface area (Å²) >= 11 is 0. The van der Waals surface area contributed by atoms with Crippen LogP contribution in [0.3, 0.4) is 0 Å². The van der Waals surface area contributed by atoms with Gasteiger partial charge in [0.05, 0.1) is 13.2 Å². The molecule has 304 valence electrons. The Labute approximate surface area is 348 Å². The summed E-state index contributed by atoms with van der Waals surface area (Å²) in [6.07, 6.45) is 37.6. The number of hydrogen-bond acceptors (Lipinski definition) is 2. The van der Waals surface area contributed by atoms with Crippen molar-refractivity contribution in [3.05, 3.63) is 135 Å². The Morgan fingerprint density at radius 2 is 0.621 bits per heavy atom. The number of aromatic nitrogens is 4. The molecule has 0 fully saturated rings. The van der Waals surface area contributed by atoms with Crippen LogP contribution in [-0.4, -0.2) is 13.2 Å². The molecule has 0 aliphatic carbocycles. The summed E-state index contributed by atoms with van der Waals surface area (Å²) in [7, 11) is 4.10. The van der Waals surface area contributed by atoms with E-state index < -0.39 is 0 Å². The van der Waals surface area contributed by atoms with E-state index in [1.165, 1.54) is 123 Å². The predicted molar refractivity (Wildman–Crippen MR) is 235 cm³/mol. The van der Waals surface area contributed by atoms with Gasteiger partial charge in [-0.1, -0.05) is 76.3 Å². The van der Waals surface area contributed by atoms with Crippen LogP contribution in [0.25, 0.3) is 33.0 Å². The minimum atomic E-state index is 0.787. The first kappa shape index (κ1) is 42.5. The van der Waals surface area contributed by atoms with Crippen LogP contribution >= 0.6 is 0 Å². The minimum Gasteiger partial charge on any atom is -0.494 e. The summed E-state index contributed by atoms with van der Waals surface area (Å²) in [5, 5.41) is 2.41. The molecule has 0 spiro atoms. The number of rotatable bonds is 26. The van der Waals surface area contributed by atoms with E-state index in [0.717, 1.165) is 50.6 Å². The Morgan fingerprint density at radius 3 is 0.966 bits per heavy atom. The van der Waals surface area contributed by atoms with Crippen molar-refractivity contribution in [1.82, 2.24) is 0 Å². The molecule has 6 aromatic rings. The third kappa shape index (κ3) is 14.7. The molecule has 4 heterocycles. The zero-order valence-corrected chi connectivity index (χ0v) is 35.4. The van der Waals surface area contributed by atoms with Crippen molar-refractivity contribution in [2.24, 2.45) is 14.1 Å². The molecular formula is C52H68N4O2+4. The van der Waals surface area contributed by atoms with Crippen LogP contribution in [-0.2, 0) is 27.2 Å². The Kier molecular flexibility index (Phi) is 17.6. The Bertz CT molecular complexity index is 1890. The lowest BCUT2D eigenvalue weighted by Crippen LogP contribution is -2.32. The number of benzene rings is 2. The second kappa shape index (κ2) is 24.0. The molecule has 2 aromatic carbocycles. The molecule has 0 N–H and O–H groups in total. The Balaban J connectivity index is 0.727. The molecule has 6 heteroatoms. The van der Waals surface area contributed by atoms with Gasteiger partial charge in [-0.25, -0.2) is 18.3 Å². The van der Waals surface area contributed by atoms with E-state index in [0.29, 0.717) is 0 Å². The van der Waals surface area contributed by atoms with Crippen LogP contribution in [0, 0.1) is 0 Å². The van der Waals surface area contributed by atoms with E-state index in [2.05, 4.69) is 167 Å². The maximum Gasteiger partial charge on any atom is 0.169 e. The molecule has 0 aliphatic rings. The third-order valence-corrected chi connectivity index (χ3v) is 11.3. The van der Waals surface area contributed by atoms with Gasteiger partial charge in [0.2, 0.25) is 0 Å². The van der Waals surface area contributed by atoms with Gasteiger partial charge in [0.15, 0.2) is 49.6 Å². The standard InChI is InChI=1S/C52H68N4O2/c1-53-33-23-45(24-34-53)47-27-37-55(38-28-47)31-15-11-7-3-5-9-13-17-41-57-51-21-19-50-44-52(22-20-49(50)43-51)58-42-18-14-10-6-4-8-12-16-32-56-39-29-48(30-40-56)46-25-35-54(2)36-26-46/h19-30,33-40,43-44H,3-18,31-32,41-42H2,1-2H3/q+4. The number of nitrogens with zero attached hydrogens (tertiary/aromatic N) is 4. The molecule has 0 radical (unpaired) electrons. The minimum absolute atomic E-state index is 0.787. The van der Waals surface area contributed by atoms with Crippen LogP contribution < -0.4 is 27.7 Å². The summed E-state index contributed by atoms with van der Waals surface area (Å²) in [6.45, 7) is 3.77. The maximum absolute atomic E-state index is 6.12. The van der Waals surface area contributed by atoms with Crippen LogP contribution in [0.2, 0.25) is 0 Å². The summed E-state index contributed by atoms with van der Waals surface area (Å²) in [5.41, 5.74) is 5.08. The number of aryl methyl sites for hydroxylation is 4. The van der Waals surface area contributed by atoms with Gasteiger partial charge in [0.1, 0.15) is 38.7 Å². The van der Waals surface area contributed by atoms with Gasteiger partial charge in [-0.2, -0.15) is 0 Å². The molecule has 6 rings (SSSR count). The second-order valence-corrected chi connectivity index (χ2v) is 16.2. The van der Waals surface area contributed by atoms with E-state index in [-0.39, 0.29) is 0 Å². The van der Waals surface area contributed by atoms with Gasteiger partial charge >= 0.3 is 0 Å². The van der Waals surface area contributed by atoms with Crippen LogP contribution in [0.1, 0.15) is 103 Å². The fourth-order valence-electron chi connectivity index (χ4n) is 7.66. The normalized spacial score (nSPS) is 11.3. The molecule has 0 aliphatic heterocycles. The first-order valence-corrected chi connectivity index (χ1v) is 22.3. The van der Waals surface area contributed by atoms with Crippen molar-refractivity contribution in [2.75, 3.05) is 13.2 Å². The zero-order chi connectivity index (χ0) is 40.0. The molecule has 58 heavy (non-hydrogen) atoms. The van der Waals surface area contributed by atoms with Gasteiger partial charge < -0.3 is 9.47 Å². The lowest BCUT2D eigenvalue weighted by Gasteiger charge is -2.10. The number of ether oxygens (including phenoxy) is 2. The second-order valence-electron chi connectivity index (χ2n) is 16.2. The van der Waals surface area contributed by atoms with Crippen LogP contribution in [0.4, 0.5) is 0 Å². The van der Waals surface area contributed by atoms with Crippen molar-refractivity contribution in [3.8, 4) is 33.8 Å². The first-order valence-electron chi connectivity index (χ1n) is 22.3. The van der Waals surface area contributed by atoms with Crippen molar-refractivity contribution in [2.45, 2.75) is 116 Å². The highest BCUT2D eigenvalue weighted by Gasteiger charge is 2.07. The molecule has 0 amide bonds. The molecule has 0 atom stereocenters. The van der Waals surface area contributed by atoms with E-state index >= 15 is 0 Å². The fraction of sp³-hybridized carbons (Fsp3) is 0.423. The SMILES string of the molecule is C[n+]1ccc(-c2cc[n+](CCCCCCCCCCOc3ccc4cc(OCCCCCCCCCC[n+]5ccc(-c6cc[n+](C)cc6)cc5)ccc4c3)cc2)cc1. The topological polar surface area (TPSA) is 34.0 Å². The van der Waals surface area contributed by atoms with Gasteiger partial charge in [-0.05, 0) is 83.0 Å². The summed E-state index contributed by atoms with van der Waals surface area (Å²) in [4.78, 5) is 0. The number of unbranched alkanes of at least 4 members (excludes halogenated alkanes) is 14. The van der Waals surface area contributed by atoms with E-state index in [9.17, 15) is 0 Å². The quantitative estimate of drug-likeness (QED) is 0.0406. The monoisotopic (exact) mass is 781 g/mol. The summed E-state index contributed by atoms with van der Waals surface area (Å²) in [5.74, 6) is 1.93. The highest BCUT2D eigenvalue weighted by Crippen LogP contribution is 2.26. The highest BCUT2D eigenvalue weighted by atomic mass is 16.5. The number of hydrogen-bond donors (Lipinski definition) is 0. The Morgan fingerprint density at radius 1 is 0.328 bits per heavy atom. The average Bonchev–Trinajstić information content (AvgIpc) is 3.25. The largest absolute Gasteiger partial charge is 0.494 e. The first-order chi connectivity index (χ1) is 28.6. The molecule has 0 bridgehead atoms. The smallest absolute Gasteiger partial charge is 0.169 e. The lowest BCUT2D eigenvalue weighted by molar-refractivity contribution is -0.697. The van der Waals surface area contributed by atoms with Crippen molar-refractivity contribution in [3.63, 3.8) is 0 Å². The summed E-state index contributed by atoms with van der Waals surface area (Å²) < 4.78 is 21.0. The lowest BCUT2D eigenvalue weighted by atomic mass is 10.1. The van der Waals surface area contributed by atoms with Crippen LogP contribution in [0.15, 0.2) is 135 Å². The molecule has 0 saturated carbocycles. The van der Waals surface area contributed by atoms with Gasteiger partial charge in [0.25, 0.3) is 0 Å². The third-order valence-electron chi connectivity index (χ3n) is 11.3. The van der Waals surface area contributed by atoms with Crippen molar-refractivity contribution >= 4 is 10.8 Å². The molecular weight excluding hydrogens is 713 g/mol. The summed E-state index contributed by atoms with van der Waals surface area (Å²) in [6, 6.07) is 30.4. The Hall–Kier alpha value is -5.10.